The highest BCUT2D eigenvalue weighted by molar-refractivity contribution is 7.99. The van der Waals surface area contributed by atoms with E-state index in [1.54, 1.807) is 24.3 Å². The number of carbonyl (C=O) groups is 2. The van der Waals surface area contributed by atoms with E-state index in [9.17, 15) is 14.0 Å². The fourth-order valence-corrected chi connectivity index (χ4v) is 2.54. The van der Waals surface area contributed by atoms with E-state index < -0.39 is 5.82 Å². The number of anilines is 2. The van der Waals surface area contributed by atoms with Gasteiger partial charge in [0.25, 0.3) is 0 Å². The SMILES string of the molecule is O=C(CSc1ccc(NC(=O)C2CC2)nn1)Nc1ccccc1F. The first-order valence-corrected chi connectivity index (χ1v) is 8.42. The van der Waals surface area contributed by atoms with Crippen molar-refractivity contribution in [1.82, 2.24) is 10.2 Å². The lowest BCUT2D eigenvalue weighted by Crippen LogP contribution is -2.15. The van der Waals surface area contributed by atoms with Crippen molar-refractivity contribution < 1.29 is 14.0 Å². The molecule has 2 aromatic rings. The van der Waals surface area contributed by atoms with Crippen LogP contribution in [0.2, 0.25) is 0 Å². The number of rotatable bonds is 6. The van der Waals surface area contributed by atoms with Crippen LogP contribution in [0, 0.1) is 11.7 Å². The lowest BCUT2D eigenvalue weighted by atomic mass is 10.3. The van der Waals surface area contributed by atoms with Gasteiger partial charge in [-0.2, -0.15) is 0 Å². The first-order valence-electron chi connectivity index (χ1n) is 7.43. The summed E-state index contributed by atoms with van der Waals surface area (Å²) in [5.74, 6) is -0.273. The van der Waals surface area contributed by atoms with Crippen molar-refractivity contribution in [1.29, 1.82) is 0 Å². The van der Waals surface area contributed by atoms with E-state index >= 15 is 0 Å². The Balaban J connectivity index is 1.48. The van der Waals surface area contributed by atoms with Crippen molar-refractivity contribution in [2.75, 3.05) is 16.4 Å². The molecule has 0 bridgehead atoms. The van der Waals surface area contributed by atoms with Crippen LogP contribution < -0.4 is 10.6 Å². The summed E-state index contributed by atoms with van der Waals surface area (Å²) in [6.07, 6.45) is 1.84. The number of thioether (sulfide) groups is 1. The van der Waals surface area contributed by atoms with E-state index in [1.807, 2.05) is 0 Å². The standard InChI is InChI=1S/C16H15FN4O2S/c17-11-3-1-2-4-12(11)18-14(22)9-24-15-8-7-13(20-21-15)19-16(23)10-5-6-10/h1-4,7-8,10H,5-6,9H2,(H,18,22)(H,19,20,23). The Morgan fingerprint density at radius 1 is 1.12 bits per heavy atom. The molecule has 1 aliphatic rings. The molecule has 0 spiro atoms. The Labute approximate surface area is 142 Å². The minimum Gasteiger partial charge on any atom is -0.323 e. The number of carbonyl (C=O) groups excluding carboxylic acids is 2. The number of nitrogens with zero attached hydrogens (tertiary/aromatic N) is 2. The van der Waals surface area contributed by atoms with Crippen LogP contribution in [0.4, 0.5) is 15.9 Å². The Kier molecular flexibility index (Phi) is 5.05. The lowest BCUT2D eigenvalue weighted by molar-refractivity contribution is -0.117. The number of hydrogen-bond donors (Lipinski definition) is 2. The average Bonchev–Trinajstić information content (AvgIpc) is 3.41. The third-order valence-corrected chi connectivity index (χ3v) is 4.26. The van der Waals surface area contributed by atoms with Gasteiger partial charge in [0.15, 0.2) is 5.82 Å². The summed E-state index contributed by atoms with van der Waals surface area (Å²) in [6, 6.07) is 9.30. The van der Waals surface area contributed by atoms with Crippen LogP contribution in [0.3, 0.4) is 0 Å². The van der Waals surface area contributed by atoms with Crippen molar-refractivity contribution in [3.05, 3.63) is 42.2 Å². The average molecular weight is 346 g/mol. The highest BCUT2D eigenvalue weighted by atomic mass is 32.2. The number of benzene rings is 1. The molecule has 3 rings (SSSR count). The molecule has 24 heavy (non-hydrogen) atoms. The maximum atomic E-state index is 13.4. The van der Waals surface area contributed by atoms with Crippen LogP contribution >= 0.6 is 11.8 Å². The third kappa shape index (κ3) is 4.51. The zero-order valence-corrected chi connectivity index (χ0v) is 13.5. The van der Waals surface area contributed by atoms with E-state index in [4.69, 9.17) is 0 Å². The highest BCUT2D eigenvalue weighted by Crippen LogP contribution is 2.30. The largest absolute Gasteiger partial charge is 0.323 e. The summed E-state index contributed by atoms with van der Waals surface area (Å²) in [5, 5.41) is 13.6. The van der Waals surface area contributed by atoms with Gasteiger partial charge in [-0.05, 0) is 37.1 Å². The maximum absolute atomic E-state index is 13.4. The molecule has 1 aromatic heterocycles. The lowest BCUT2D eigenvalue weighted by Gasteiger charge is -2.06. The van der Waals surface area contributed by atoms with Gasteiger partial charge in [-0.1, -0.05) is 23.9 Å². The predicted molar refractivity (Wildman–Crippen MR) is 89.1 cm³/mol. The maximum Gasteiger partial charge on any atom is 0.234 e. The second-order valence-electron chi connectivity index (χ2n) is 5.34. The van der Waals surface area contributed by atoms with Crippen molar-refractivity contribution >= 4 is 35.1 Å². The van der Waals surface area contributed by atoms with E-state index in [-0.39, 0.29) is 29.2 Å². The Morgan fingerprint density at radius 3 is 2.58 bits per heavy atom. The van der Waals surface area contributed by atoms with Crippen molar-refractivity contribution in [2.24, 2.45) is 5.92 Å². The molecular formula is C16H15FN4O2S. The molecule has 2 N–H and O–H groups in total. The smallest absolute Gasteiger partial charge is 0.234 e. The first-order chi connectivity index (χ1) is 11.6. The Bertz CT molecular complexity index is 750. The molecule has 2 amide bonds. The molecule has 1 heterocycles. The van der Waals surface area contributed by atoms with E-state index in [2.05, 4.69) is 20.8 Å². The van der Waals surface area contributed by atoms with Crippen LogP contribution in [0.15, 0.2) is 41.4 Å². The fraction of sp³-hybridized carbons (Fsp3) is 0.250. The molecule has 8 heteroatoms. The Hall–Kier alpha value is -2.48. The van der Waals surface area contributed by atoms with Gasteiger partial charge in [-0.3, -0.25) is 9.59 Å². The van der Waals surface area contributed by atoms with E-state index in [0.717, 1.165) is 12.8 Å². The minimum atomic E-state index is -0.480. The fourth-order valence-electron chi connectivity index (χ4n) is 1.93. The number of amides is 2. The number of nitrogens with one attached hydrogen (secondary N) is 2. The minimum absolute atomic E-state index is 0.0334. The monoisotopic (exact) mass is 346 g/mol. The molecule has 0 radical (unpaired) electrons. The molecule has 124 valence electrons. The summed E-state index contributed by atoms with van der Waals surface area (Å²) in [6.45, 7) is 0. The summed E-state index contributed by atoms with van der Waals surface area (Å²) >= 11 is 1.18. The number of halogens is 1. The zero-order chi connectivity index (χ0) is 16.9. The van der Waals surface area contributed by atoms with Crippen molar-refractivity contribution in [3.8, 4) is 0 Å². The number of para-hydroxylation sites is 1. The molecule has 6 nitrogen and oxygen atoms in total. The zero-order valence-electron chi connectivity index (χ0n) is 12.7. The van der Waals surface area contributed by atoms with E-state index in [0.29, 0.717) is 10.8 Å². The van der Waals surface area contributed by atoms with Crippen LogP contribution in [0.1, 0.15) is 12.8 Å². The first kappa shape index (κ1) is 16.4. The van der Waals surface area contributed by atoms with Gasteiger partial charge in [-0.25, -0.2) is 4.39 Å². The van der Waals surface area contributed by atoms with Gasteiger partial charge in [0.2, 0.25) is 11.8 Å². The molecule has 1 aromatic carbocycles. The summed E-state index contributed by atoms with van der Waals surface area (Å²) in [5.41, 5.74) is 0.146. The van der Waals surface area contributed by atoms with Gasteiger partial charge >= 0.3 is 0 Å². The second kappa shape index (κ2) is 7.39. The quantitative estimate of drug-likeness (QED) is 0.786. The highest BCUT2D eigenvalue weighted by Gasteiger charge is 2.29. The molecule has 0 saturated heterocycles. The summed E-state index contributed by atoms with van der Waals surface area (Å²) < 4.78 is 13.4. The van der Waals surface area contributed by atoms with Gasteiger partial charge in [-0.15, -0.1) is 10.2 Å². The van der Waals surface area contributed by atoms with Crippen LogP contribution in [-0.2, 0) is 9.59 Å². The van der Waals surface area contributed by atoms with Gasteiger partial charge < -0.3 is 10.6 Å². The number of aromatic nitrogens is 2. The van der Waals surface area contributed by atoms with Gasteiger partial charge in [0.1, 0.15) is 10.8 Å². The Morgan fingerprint density at radius 2 is 1.92 bits per heavy atom. The molecule has 1 saturated carbocycles. The molecule has 0 aliphatic heterocycles. The van der Waals surface area contributed by atoms with Gasteiger partial charge in [0, 0.05) is 5.92 Å². The molecule has 1 aliphatic carbocycles. The summed E-state index contributed by atoms with van der Waals surface area (Å²) in [4.78, 5) is 23.4. The molecule has 0 unspecified atom stereocenters. The summed E-state index contributed by atoms with van der Waals surface area (Å²) in [7, 11) is 0. The van der Waals surface area contributed by atoms with Gasteiger partial charge in [0.05, 0.1) is 11.4 Å². The normalized spacial score (nSPS) is 13.4. The molecule has 0 atom stereocenters. The van der Waals surface area contributed by atoms with E-state index in [1.165, 1.54) is 23.9 Å². The molecule has 1 fully saturated rings. The third-order valence-electron chi connectivity index (χ3n) is 3.34. The number of hydrogen-bond acceptors (Lipinski definition) is 5. The topological polar surface area (TPSA) is 84.0 Å². The van der Waals surface area contributed by atoms with Crippen molar-refractivity contribution in [3.63, 3.8) is 0 Å². The predicted octanol–water partition coefficient (Wildman–Crippen LogP) is 2.70. The van der Waals surface area contributed by atoms with Crippen LogP contribution in [-0.4, -0.2) is 27.8 Å². The van der Waals surface area contributed by atoms with Crippen LogP contribution in [0.25, 0.3) is 0 Å². The second-order valence-corrected chi connectivity index (χ2v) is 6.33. The molecular weight excluding hydrogens is 331 g/mol. The van der Waals surface area contributed by atoms with Crippen LogP contribution in [0.5, 0.6) is 0 Å². The van der Waals surface area contributed by atoms with Crippen molar-refractivity contribution in [2.45, 2.75) is 17.9 Å².